The Morgan fingerprint density at radius 2 is 1.64 bits per heavy atom. The van der Waals surface area contributed by atoms with Gasteiger partial charge in [0.05, 0.1) is 17.7 Å². The highest BCUT2D eigenvalue weighted by molar-refractivity contribution is 7.92. The van der Waals surface area contributed by atoms with E-state index in [0.29, 0.717) is 28.6 Å². The van der Waals surface area contributed by atoms with Crippen molar-refractivity contribution in [1.82, 2.24) is 10.2 Å². The smallest absolute Gasteiger partial charge is 0.264 e. The lowest BCUT2D eigenvalue weighted by Gasteiger charge is -2.32. The van der Waals surface area contributed by atoms with E-state index >= 15 is 0 Å². The second kappa shape index (κ2) is 13.0. The molecule has 1 N–H and O–H groups in total. The summed E-state index contributed by atoms with van der Waals surface area (Å²) in [4.78, 5) is 28.1. The van der Waals surface area contributed by atoms with Crippen LogP contribution in [-0.2, 0) is 26.2 Å². The van der Waals surface area contributed by atoms with Gasteiger partial charge in [0, 0.05) is 18.1 Å². The van der Waals surface area contributed by atoms with Gasteiger partial charge in [-0.25, -0.2) is 8.42 Å². The first-order valence-electron chi connectivity index (χ1n) is 12.5. The fourth-order valence-electron chi connectivity index (χ4n) is 4.08. The maximum atomic E-state index is 13.9. The molecule has 0 aliphatic rings. The summed E-state index contributed by atoms with van der Waals surface area (Å²) >= 11 is 6.15. The largest absolute Gasteiger partial charge is 0.497 e. The quantitative estimate of drug-likeness (QED) is 0.359. The summed E-state index contributed by atoms with van der Waals surface area (Å²) in [7, 11) is -2.59. The molecular weight excluding hydrogens is 538 g/mol. The number of amides is 2. The lowest BCUT2D eigenvalue weighted by Crippen LogP contribution is -2.51. The molecule has 208 valence electrons. The number of methoxy groups -OCH3 is 1. The average Bonchev–Trinajstić information content (AvgIpc) is 2.91. The van der Waals surface area contributed by atoms with Gasteiger partial charge in [0.1, 0.15) is 18.3 Å². The Kier molecular flexibility index (Phi) is 9.99. The van der Waals surface area contributed by atoms with Crippen LogP contribution in [0.3, 0.4) is 0 Å². The zero-order chi connectivity index (χ0) is 28.7. The standard InChI is InChI=1S/C29H34ClN3O5S/c1-6-31-29(35)22(4)32(18-23-9-12-25(38-5)13-10-23)28(34)19-33(27-16-11-24(30)17-21(27)3)39(36,37)26-14-7-20(2)8-15-26/h7-17,22H,6,18-19H2,1-5H3,(H,31,35). The number of benzene rings is 3. The number of hydrogen-bond acceptors (Lipinski definition) is 5. The molecule has 3 aromatic rings. The third-order valence-corrected chi connectivity index (χ3v) is 8.35. The van der Waals surface area contributed by atoms with Crippen LogP contribution >= 0.6 is 11.6 Å². The Labute approximate surface area is 235 Å². The summed E-state index contributed by atoms with van der Waals surface area (Å²) in [5.74, 6) is -0.216. The molecule has 0 bridgehead atoms. The molecular formula is C29H34ClN3O5S. The zero-order valence-electron chi connectivity index (χ0n) is 22.8. The van der Waals surface area contributed by atoms with E-state index in [9.17, 15) is 18.0 Å². The predicted molar refractivity (Wildman–Crippen MR) is 154 cm³/mol. The summed E-state index contributed by atoms with van der Waals surface area (Å²) in [5.41, 5.74) is 2.57. The monoisotopic (exact) mass is 571 g/mol. The molecule has 0 aliphatic carbocycles. The third-order valence-electron chi connectivity index (χ3n) is 6.35. The molecule has 0 heterocycles. The van der Waals surface area contributed by atoms with Gasteiger partial charge in [0.2, 0.25) is 11.8 Å². The molecule has 3 aromatic carbocycles. The average molecular weight is 572 g/mol. The Morgan fingerprint density at radius 1 is 1.00 bits per heavy atom. The van der Waals surface area contributed by atoms with Crippen molar-refractivity contribution < 1.29 is 22.7 Å². The van der Waals surface area contributed by atoms with Crippen LogP contribution in [0.2, 0.25) is 5.02 Å². The number of aryl methyl sites for hydroxylation is 2. The van der Waals surface area contributed by atoms with Crippen LogP contribution < -0.4 is 14.4 Å². The maximum absolute atomic E-state index is 13.9. The summed E-state index contributed by atoms with van der Waals surface area (Å²) in [6, 6.07) is 17.5. The number of halogens is 1. The van der Waals surface area contributed by atoms with Crippen molar-refractivity contribution >= 4 is 39.1 Å². The summed E-state index contributed by atoms with van der Waals surface area (Å²) in [6.45, 7) is 6.98. The van der Waals surface area contributed by atoms with Crippen molar-refractivity contribution in [3.05, 3.63) is 88.4 Å². The van der Waals surface area contributed by atoms with E-state index in [-0.39, 0.29) is 17.3 Å². The van der Waals surface area contributed by atoms with Crippen LogP contribution in [0.15, 0.2) is 71.6 Å². The predicted octanol–water partition coefficient (Wildman–Crippen LogP) is 4.71. The number of ether oxygens (including phenoxy) is 1. The van der Waals surface area contributed by atoms with E-state index in [1.807, 2.05) is 6.92 Å². The second-order valence-corrected chi connectivity index (χ2v) is 11.5. The van der Waals surface area contributed by atoms with Crippen molar-refractivity contribution in [2.45, 2.75) is 45.2 Å². The van der Waals surface area contributed by atoms with E-state index in [0.717, 1.165) is 15.4 Å². The third kappa shape index (κ3) is 7.30. The number of rotatable bonds is 11. The molecule has 10 heteroatoms. The van der Waals surface area contributed by atoms with Gasteiger partial charge in [0.15, 0.2) is 0 Å². The minimum atomic E-state index is -4.15. The van der Waals surface area contributed by atoms with Crippen LogP contribution in [-0.4, -0.2) is 51.4 Å². The van der Waals surface area contributed by atoms with Gasteiger partial charge in [-0.05, 0) is 81.3 Å². The van der Waals surface area contributed by atoms with Crippen LogP contribution in [0.4, 0.5) is 5.69 Å². The fourth-order valence-corrected chi connectivity index (χ4v) is 5.79. The molecule has 0 radical (unpaired) electrons. The van der Waals surface area contributed by atoms with Crippen molar-refractivity contribution in [2.24, 2.45) is 0 Å². The highest BCUT2D eigenvalue weighted by Crippen LogP contribution is 2.29. The maximum Gasteiger partial charge on any atom is 0.264 e. The van der Waals surface area contributed by atoms with Gasteiger partial charge in [-0.3, -0.25) is 13.9 Å². The van der Waals surface area contributed by atoms with Gasteiger partial charge in [-0.1, -0.05) is 41.4 Å². The second-order valence-electron chi connectivity index (χ2n) is 9.20. The van der Waals surface area contributed by atoms with Gasteiger partial charge in [-0.2, -0.15) is 0 Å². The van der Waals surface area contributed by atoms with Gasteiger partial charge < -0.3 is 15.0 Å². The molecule has 39 heavy (non-hydrogen) atoms. The lowest BCUT2D eigenvalue weighted by molar-refractivity contribution is -0.139. The first-order chi connectivity index (χ1) is 18.5. The molecule has 1 unspecified atom stereocenters. The number of nitrogens with one attached hydrogen (secondary N) is 1. The lowest BCUT2D eigenvalue weighted by atomic mass is 10.1. The van der Waals surface area contributed by atoms with Crippen molar-refractivity contribution in [1.29, 1.82) is 0 Å². The van der Waals surface area contributed by atoms with E-state index in [1.165, 1.54) is 17.0 Å². The number of sulfonamides is 1. The molecule has 0 fully saturated rings. The number of hydrogen-bond donors (Lipinski definition) is 1. The van der Waals surface area contributed by atoms with Gasteiger partial charge >= 0.3 is 0 Å². The van der Waals surface area contributed by atoms with Crippen molar-refractivity contribution in [2.75, 3.05) is 24.5 Å². The molecule has 0 aliphatic heterocycles. The van der Waals surface area contributed by atoms with Gasteiger partial charge in [0.25, 0.3) is 10.0 Å². The minimum Gasteiger partial charge on any atom is -0.497 e. The molecule has 2 amide bonds. The first-order valence-corrected chi connectivity index (χ1v) is 14.4. The van der Waals surface area contributed by atoms with Crippen molar-refractivity contribution in [3.63, 3.8) is 0 Å². The van der Waals surface area contributed by atoms with E-state index in [2.05, 4.69) is 5.32 Å². The fraction of sp³-hybridized carbons (Fsp3) is 0.310. The number of carbonyl (C=O) groups is 2. The number of likely N-dealkylation sites (N-methyl/N-ethyl adjacent to an activating group) is 1. The Hall–Kier alpha value is -3.56. The zero-order valence-corrected chi connectivity index (χ0v) is 24.3. The SMILES string of the molecule is CCNC(=O)C(C)N(Cc1ccc(OC)cc1)C(=O)CN(c1ccc(Cl)cc1C)S(=O)(=O)c1ccc(C)cc1. The van der Waals surface area contributed by atoms with E-state index in [4.69, 9.17) is 16.3 Å². The van der Waals surface area contributed by atoms with E-state index in [1.54, 1.807) is 82.5 Å². The Balaban J connectivity index is 2.05. The molecule has 0 saturated carbocycles. The normalized spacial score (nSPS) is 11.9. The van der Waals surface area contributed by atoms with Crippen molar-refractivity contribution in [3.8, 4) is 5.75 Å². The number of anilines is 1. The topological polar surface area (TPSA) is 96.0 Å². The minimum absolute atomic E-state index is 0.0497. The van der Waals surface area contributed by atoms with Crippen LogP contribution in [0.1, 0.15) is 30.5 Å². The molecule has 8 nitrogen and oxygen atoms in total. The Bertz CT molecular complexity index is 1410. The van der Waals surface area contributed by atoms with Crippen LogP contribution in [0.5, 0.6) is 5.75 Å². The molecule has 0 aromatic heterocycles. The molecule has 1 atom stereocenters. The summed E-state index contributed by atoms with van der Waals surface area (Å²) in [6.07, 6.45) is 0. The summed E-state index contributed by atoms with van der Waals surface area (Å²) in [5, 5.41) is 3.19. The number of carbonyl (C=O) groups excluding carboxylic acids is 2. The molecule has 0 saturated heterocycles. The highest BCUT2D eigenvalue weighted by Gasteiger charge is 2.33. The van der Waals surface area contributed by atoms with Crippen LogP contribution in [0, 0.1) is 13.8 Å². The number of nitrogens with zero attached hydrogens (tertiary/aromatic N) is 2. The Morgan fingerprint density at radius 3 is 2.21 bits per heavy atom. The first kappa shape index (κ1) is 30.0. The molecule has 3 rings (SSSR count). The highest BCUT2D eigenvalue weighted by atomic mass is 35.5. The van der Waals surface area contributed by atoms with Gasteiger partial charge in [-0.15, -0.1) is 0 Å². The summed E-state index contributed by atoms with van der Waals surface area (Å²) < 4.78 is 34.1. The molecule has 0 spiro atoms. The van der Waals surface area contributed by atoms with Crippen LogP contribution in [0.25, 0.3) is 0 Å². The van der Waals surface area contributed by atoms with E-state index < -0.39 is 28.5 Å².